The fraction of sp³-hybridized carbons (Fsp3) is 0.308. The molecule has 5 heterocycles. The van der Waals surface area contributed by atoms with Gasteiger partial charge >= 0.3 is 0 Å². The Kier molecular flexibility index (Phi) is 4.11. The monoisotopic (exact) mass is 457 g/mol. The molecule has 4 atom stereocenters. The van der Waals surface area contributed by atoms with Crippen molar-refractivity contribution < 1.29 is 23.8 Å². The molecule has 3 aromatic rings. The summed E-state index contributed by atoms with van der Waals surface area (Å²) in [6.45, 7) is 1.04. The van der Waals surface area contributed by atoms with Crippen molar-refractivity contribution in [3.05, 3.63) is 66.4 Å². The van der Waals surface area contributed by atoms with Crippen LogP contribution in [-0.2, 0) is 20.7 Å². The van der Waals surface area contributed by atoms with E-state index in [9.17, 15) is 9.59 Å². The molecular formula is C26H23N3O5. The fourth-order valence-corrected chi connectivity index (χ4v) is 5.85. The molecule has 1 spiro atoms. The first kappa shape index (κ1) is 19.7. The Morgan fingerprint density at radius 2 is 2.06 bits per heavy atom. The number of hydrogen-bond donors (Lipinski definition) is 2. The van der Waals surface area contributed by atoms with Gasteiger partial charge in [0.25, 0.3) is 0 Å². The Hall–Kier alpha value is -3.78. The normalized spacial score (nSPS) is 28.2. The van der Waals surface area contributed by atoms with Gasteiger partial charge in [0.2, 0.25) is 18.6 Å². The first-order chi connectivity index (χ1) is 16.6. The van der Waals surface area contributed by atoms with Crippen LogP contribution in [0.1, 0.15) is 5.56 Å². The molecule has 2 amide bonds. The van der Waals surface area contributed by atoms with Crippen LogP contribution in [0, 0.1) is 11.8 Å². The van der Waals surface area contributed by atoms with E-state index in [0.717, 1.165) is 22.2 Å². The Balaban J connectivity index is 1.08. The summed E-state index contributed by atoms with van der Waals surface area (Å²) in [5, 5.41) is 4.22. The highest BCUT2D eigenvalue weighted by atomic mass is 16.7. The van der Waals surface area contributed by atoms with Crippen LogP contribution in [0.15, 0.2) is 60.8 Å². The molecule has 0 unspecified atom stereocenters. The van der Waals surface area contributed by atoms with Gasteiger partial charge in [0.05, 0.1) is 24.5 Å². The van der Waals surface area contributed by atoms with E-state index in [4.69, 9.17) is 14.2 Å². The quantitative estimate of drug-likeness (QED) is 0.575. The lowest BCUT2D eigenvalue weighted by molar-refractivity contribution is -0.131. The predicted molar refractivity (Wildman–Crippen MR) is 124 cm³/mol. The van der Waals surface area contributed by atoms with E-state index < -0.39 is 17.4 Å². The number of nitrogens with zero attached hydrogens (tertiary/aromatic N) is 1. The summed E-state index contributed by atoms with van der Waals surface area (Å²) >= 11 is 0. The molecule has 7 rings (SSSR count). The first-order valence-corrected chi connectivity index (χ1v) is 11.5. The second kappa shape index (κ2) is 7.11. The number of carbonyl (C=O) groups is 2. The summed E-state index contributed by atoms with van der Waals surface area (Å²) in [6.07, 6.45) is 6.20. The van der Waals surface area contributed by atoms with Crippen LogP contribution >= 0.6 is 0 Å². The Morgan fingerprint density at radius 3 is 3.00 bits per heavy atom. The van der Waals surface area contributed by atoms with Gasteiger partial charge in [-0.3, -0.25) is 9.59 Å². The summed E-state index contributed by atoms with van der Waals surface area (Å²) < 4.78 is 17.1. The lowest BCUT2D eigenvalue weighted by atomic mass is 9.77. The molecule has 4 aliphatic heterocycles. The van der Waals surface area contributed by atoms with Crippen LogP contribution in [0.4, 0.5) is 5.69 Å². The SMILES string of the molecule is O=C(NCCc1c[nH]c2ccccc12)[C@H]1[C@@H]2C=C[C@@]3(CN(c4ccc5c(c4)OCO5)C(=O)[C@@H]13)O2. The van der Waals surface area contributed by atoms with E-state index in [-0.39, 0.29) is 24.7 Å². The van der Waals surface area contributed by atoms with Crippen LogP contribution in [0.25, 0.3) is 10.9 Å². The van der Waals surface area contributed by atoms with Gasteiger partial charge in [-0.15, -0.1) is 0 Å². The smallest absolute Gasteiger partial charge is 0.234 e. The van der Waals surface area contributed by atoms with Gasteiger partial charge in [0.15, 0.2) is 11.5 Å². The van der Waals surface area contributed by atoms with Crippen LogP contribution in [0.5, 0.6) is 11.5 Å². The lowest BCUT2D eigenvalue weighted by Crippen LogP contribution is -2.44. The third-order valence-corrected chi connectivity index (χ3v) is 7.44. The molecule has 1 aromatic heterocycles. The van der Waals surface area contributed by atoms with Crippen LogP contribution in [0.3, 0.4) is 0 Å². The maximum absolute atomic E-state index is 13.5. The van der Waals surface area contributed by atoms with Crippen molar-refractivity contribution in [2.75, 3.05) is 24.8 Å². The van der Waals surface area contributed by atoms with E-state index >= 15 is 0 Å². The number of aromatic amines is 1. The van der Waals surface area contributed by atoms with E-state index in [1.165, 1.54) is 0 Å². The number of ether oxygens (including phenoxy) is 3. The van der Waals surface area contributed by atoms with Crippen molar-refractivity contribution in [2.24, 2.45) is 11.8 Å². The largest absolute Gasteiger partial charge is 0.454 e. The predicted octanol–water partition coefficient (Wildman–Crippen LogP) is 2.54. The molecule has 34 heavy (non-hydrogen) atoms. The molecule has 2 bridgehead atoms. The second-order valence-corrected chi connectivity index (χ2v) is 9.26. The average molecular weight is 457 g/mol. The minimum Gasteiger partial charge on any atom is -0.454 e. The zero-order valence-electron chi connectivity index (χ0n) is 18.3. The van der Waals surface area contributed by atoms with Gasteiger partial charge in [-0.05, 0) is 30.2 Å². The number of aromatic nitrogens is 1. The molecule has 8 nitrogen and oxygen atoms in total. The molecular weight excluding hydrogens is 434 g/mol. The zero-order chi connectivity index (χ0) is 22.9. The number of anilines is 1. The van der Waals surface area contributed by atoms with Gasteiger partial charge in [0.1, 0.15) is 5.60 Å². The maximum Gasteiger partial charge on any atom is 0.234 e. The van der Waals surface area contributed by atoms with Crippen molar-refractivity contribution in [3.63, 3.8) is 0 Å². The molecule has 172 valence electrons. The maximum atomic E-state index is 13.5. The fourth-order valence-electron chi connectivity index (χ4n) is 5.85. The minimum atomic E-state index is -0.767. The number of nitrogens with one attached hydrogen (secondary N) is 2. The van der Waals surface area contributed by atoms with E-state index in [2.05, 4.69) is 16.4 Å². The molecule has 2 fully saturated rings. The lowest BCUT2D eigenvalue weighted by Gasteiger charge is -2.23. The second-order valence-electron chi connectivity index (χ2n) is 9.26. The van der Waals surface area contributed by atoms with Gasteiger partial charge < -0.3 is 29.4 Å². The van der Waals surface area contributed by atoms with Crippen molar-refractivity contribution in [1.29, 1.82) is 0 Å². The average Bonchev–Trinajstić information content (AvgIpc) is 3.66. The Labute approximate surface area is 195 Å². The van der Waals surface area contributed by atoms with E-state index in [1.54, 1.807) is 11.0 Å². The topological polar surface area (TPSA) is 92.9 Å². The third kappa shape index (κ3) is 2.75. The molecule has 2 aromatic carbocycles. The van der Waals surface area contributed by atoms with Gasteiger partial charge in [0, 0.05) is 35.4 Å². The zero-order valence-corrected chi connectivity index (χ0v) is 18.3. The standard InChI is InChI=1S/C26H23N3O5/c30-24(27-10-8-15-12-28-18-4-2-1-3-17(15)18)22-20-7-9-26(34-20)13-29(25(31)23(22)26)16-5-6-19-21(11-16)33-14-32-19/h1-7,9,11-12,20,22-23,28H,8,10,13-14H2,(H,27,30)/t20-,22-,23+,26-/m0/s1. The molecule has 8 heteroatoms. The minimum absolute atomic E-state index is 0.0949. The molecule has 0 aliphatic carbocycles. The highest BCUT2D eigenvalue weighted by molar-refractivity contribution is 6.03. The van der Waals surface area contributed by atoms with Crippen LogP contribution in [0.2, 0.25) is 0 Å². The third-order valence-electron chi connectivity index (χ3n) is 7.44. The van der Waals surface area contributed by atoms with Gasteiger partial charge in [-0.1, -0.05) is 30.4 Å². The van der Waals surface area contributed by atoms with E-state index in [1.807, 2.05) is 48.7 Å². The number of para-hydroxylation sites is 1. The van der Waals surface area contributed by atoms with E-state index in [0.29, 0.717) is 31.0 Å². The molecule has 0 radical (unpaired) electrons. The summed E-state index contributed by atoms with van der Waals surface area (Å²) in [5.74, 6) is -0.0320. The molecule has 2 saturated heterocycles. The summed E-state index contributed by atoms with van der Waals surface area (Å²) in [6, 6.07) is 13.6. The first-order valence-electron chi connectivity index (χ1n) is 11.5. The summed E-state index contributed by atoms with van der Waals surface area (Å²) in [7, 11) is 0. The Morgan fingerprint density at radius 1 is 1.18 bits per heavy atom. The number of amides is 2. The highest BCUT2D eigenvalue weighted by Crippen LogP contribution is 2.53. The summed E-state index contributed by atoms with van der Waals surface area (Å²) in [4.78, 5) is 31.8. The Bertz CT molecular complexity index is 1360. The number of hydrogen-bond acceptors (Lipinski definition) is 5. The number of fused-ring (bicyclic) bond motifs is 3. The van der Waals surface area contributed by atoms with Crippen molar-refractivity contribution >= 4 is 28.4 Å². The van der Waals surface area contributed by atoms with Crippen molar-refractivity contribution in [1.82, 2.24) is 10.3 Å². The van der Waals surface area contributed by atoms with Crippen molar-refractivity contribution in [3.8, 4) is 11.5 Å². The van der Waals surface area contributed by atoms with Gasteiger partial charge in [-0.25, -0.2) is 0 Å². The highest BCUT2D eigenvalue weighted by Gasteiger charge is 2.67. The summed E-state index contributed by atoms with van der Waals surface area (Å²) in [5.41, 5.74) is 2.19. The van der Waals surface area contributed by atoms with Crippen LogP contribution in [-0.4, -0.2) is 48.4 Å². The number of carbonyl (C=O) groups excluding carboxylic acids is 2. The molecule has 4 aliphatic rings. The molecule has 0 saturated carbocycles. The van der Waals surface area contributed by atoms with Gasteiger partial charge in [-0.2, -0.15) is 0 Å². The van der Waals surface area contributed by atoms with Crippen molar-refractivity contribution in [2.45, 2.75) is 18.1 Å². The van der Waals surface area contributed by atoms with Crippen LogP contribution < -0.4 is 19.7 Å². The number of benzene rings is 2. The molecule has 2 N–H and O–H groups in total. The number of rotatable bonds is 5. The number of H-pyrrole nitrogens is 1.